The Morgan fingerprint density at radius 2 is 1.83 bits per heavy atom. The molecule has 3 rings (SSSR count). The zero-order chi connectivity index (χ0) is 16.6. The Morgan fingerprint density at radius 3 is 2.52 bits per heavy atom. The molecule has 0 fully saturated rings. The van der Waals surface area contributed by atoms with E-state index in [4.69, 9.17) is 13.9 Å². The summed E-state index contributed by atoms with van der Waals surface area (Å²) in [5.74, 6) is 0.941. The van der Waals surface area contributed by atoms with Crippen molar-refractivity contribution in [3.63, 3.8) is 0 Å². The van der Waals surface area contributed by atoms with Gasteiger partial charge in [-0.05, 0) is 44.2 Å². The molecule has 0 spiro atoms. The van der Waals surface area contributed by atoms with Crippen molar-refractivity contribution in [2.24, 2.45) is 0 Å². The fraction of sp³-hybridized carbons (Fsp3) is 0.211. The van der Waals surface area contributed by atoms with Crippen LogP contribution in [0.3, 0.4) is 0 Å². The lowest BCUT2D eigenvalue weighted by molar-refractivity contribution is 0.164. The highest BCUT2D eigenvalue weighted by molar-refractivity contribution is 5.96. The van der Waals surface area contributed by atoms with Crippen LogP contribution < -0.4 is 14.9 Å². The van der Waals surface area contributed by atoms with E-state index in [0.29, 0.717) is 33.4 Å². The first kappa shape index (κ1) is 15.2. The van der Waals surface area contributed by atoms with E-state index in [2.05, 4.69) is 6.58 Å². The van der Waals surface area contributed by atoms with E-state index in [1.807, 2.05) is 19.9 Å². The summed E-state index contributed by atoms with van der Waals surface area (Å²) in [5, 5.41) is 0.882. The highest BCUT2D eigenvalue weighted by Crippen LogP contribution is 2.34. The summed E-state index contributed by atoms with van der Waals surface area (Å²) in [5.41, 5.74) is 0.146. The number of ether oxygens (including phenoxy) is 2. The number of hydrogen-bond acceptors (Lipinski definition) is 4. The molecule has 3 aromatic rings. The van der Waals surface area contributed by atoms with Gasteiger partial charge in [0.05, 0.1) is 12.5 Å². The Hall–Kier alpha value is -2.75. The van der Waals surface area contributed by atoms with Crippen molar-refractivity contribution in [3.8, 4) is 11.5 Å². The number of rotatable bonds is 4. The molecule has 0 radical (unpaired) electrons. The lowest BCUT2D eigenvalue weighted by Gasteiger charge is -2.23. The minimum atomic E-state index is -0.612. The minimum Gasteiger partial charge on any atom is -0.493 e. The Balaban J connectivity index is 2.41. The highest BCUT2D eigenvalue weighted by Gasteiger charge is 2.21. The van der Waals surface area contributed by atoms with Gasteiger partial charge in [0.1, 0.15) is 22.3 Å². The van der Waals surface area contributed by atoms with Gasteiger partial charge in [0.25, 0.3) is 0 Å². The van der Waals surface area contributed by atoms with Crippen molar-refractivity contribution in [2.75, 3.05) is 7.11 Å². The van der Waals surface area contributed by atoms with E-state index in [0.717, 1.165) is 0 Å². The van der Waals surface area contributed by atoms with Crippen molar-refractivity contribution in [3.05, 3.63) is 59.3 Å². The molecule has 0 amide bonds. The third-order valence-corrected chi connectivity index (χ3v) is 3.74. The molecule has 0 N–H and O–H groups in total. The third-order valence-electron chi connectivity index (χ3n) is 3.74. The van der Waals surface area contributed by atoms with Gasteiger partial charge in [-0.2, -0.15) is 0 Å². The van der Waals surface area contributed by atoms with Gasteiger partial charge >= 0.3 is 0 Å². The average Bonchev–Trinajstić information content (AvgIpc) is 2.55. The lowest BCUT2D eigenvalue weighted by atomic mass is 10.1. The normalized spacial score (nSPS) is 11.6. The minimum absolute atomic E-state index is 0.143. The predicted octanol–water partition coefficient (Wildman–Crippen LogP) is 4.30. The number of methoxy groups -OCH3 is 1. The molecular weight excluding hydrogens is 292 g/mol. The summed E-state index contributed by atoms with van der Waals surface area (Å²) in [4.78, 5) is 12.9. The summed E-state index contributed by atoms with van der Waals surface area (Å²) >= 11 is 0. The molecule has 2 aromatic carbocycles. The van der Waals surface area contributed by atoms with E-state index < -0.39 is 5.60 Å². The standard InChI is InChI=1S/C19H18O4/c1-5-19(2,3)23-14-10-11-15(21-4)18-16(14)17(20)12-8-6-7-9-13(12)22-18/h5-11H,1H2,2-4H3. The van der Waals surface area contributed by atoms with E-state index in [9.17, 15) is 4.79 Å². The third kappa shape index (κ3) is 2.57. The molecule has 0 saturated carbocycles. The number of fused-ring (bicyclic) bond motifs is 2. The van der Waals surface area contributed by atoms with E-state index in [1.165, 1.54) is 7.11 Å². The van der Waals surface area contributed by atoms with E-state index in [-0.39, 0.29) is 5.43 Å². The van der Waals surface area contributed by atoms with Crippen LogP contribution in [0.2, 0.25) is 0 Å². The molecule has 0 aliphatic carbocycles. The van der Waals surface area contributed by atoms with Crippen LogP contribution in [-0.4, -0.2) is 12.7 Å². The molecular formula is C19H18O4. The van der Waals surface area contributed by atoms with Gasteiger partial charge in [-0.3, -0.25) is 4.79 Å². The molecule has 0 aliphatic heterocycles. The van der Waals surface area contributed by atoms with Crippen LogP contribution in [0, 0.1) is 0 Å². The largest absolute Gasteiger partial charge is 0.493 e. The maximum Gasteiger partial charge on any atom is 0.204 e. The fourth-order valence-corrected chi connectivity index (χ4v) is 2.42. The van der Waals surface area contributed by atoms with Crippen molar-refractivity contribution in [2.45, 2.75) is 19.4 Å². The maximum absolute atomic E-state index is 12.9. The van der Waals surface area contributed by atoms with Crippen molar-refractivity contribution < 1.29 is 13.9 Å². The van der Waals surface area contributed by atoms with Crippen LogP contribution >= 0.6 is 0 Å². The van der Waals surface area contributed by atoms with Gasteiger partial charge in [-0.25, -0.2) is 0 Å². The second-order valence-electron chi connectivity index (χ2n) is 5.81. The Kier molecular flexibility index (Phi) is 3.60. The van der Waals surface area contributed by atoms with Crippen LogP contribution in [0.15, 0.2) is 58.3 Å². The summed E-state index contributed by atoms with van der Waals surface area (Å²) in [6.45, 7) is 7.51. The number of benzene rings is 2. The van der Waals surface area contributed by atoms with Crippen LogP contribution in [-0.2, 0) is 0 Å². The number of hydrogen-bond donors (Lipinski definition) is 0. The van der Waals surface area contributed by atoms with Crippen molar-refractivity contribution in [1.29, 1.82) is 0 Å². The Labute approximate surface area is 133 Å². The van der Waals surface area contributed by atoms with Crippen LogP contribution in [0.1, 0.15) is 13.8 Å². The van der Waals surface area contributed by atoms with Gasteiger partial charge in [0, 0.05) is 0 Å². The fourth-order valence-electron chi connectivity index (χ4n) is 2.42. The zero-order valence-corrected chi connectivity index (χ0v) is 13.4. The second kappa shape index (κ2) is 5.47. The maximum atomic E-state index is 12.9. The zero-order valence-electron chi connectivity index (χ0n) is 13.4. The Bertz CT molecular complexity index is 951. The summed E-state index contributed by atoms with van der Waals surface area (Å²) < 4.78 is 17.2. The molecule has 4 heteroatoms. The van der Waals surface area contributed by atoms with Gasteiger partial charge < -0.3 is 13.9 Å². The predicted molar refractivity (Wildman–Crippen MR) is 91.4 cm³/mol. The molecule has 0 atom stereocenters. The topological polar surface area (TPSA) is 48.7 Å². The van der Waals surface area contributed by atoms with E-state index >= 15 is 0 Å². The molecule has 4 nitrogen and oxygen atoms in total. The summed E-state index contributed by atoms with van der Waals surface area (Å²) in [7, 11) is 1.54. The molecule has 0 saturated heterocycles. The van der Waals surface area contributed by atoms with Crippen LogP contribution in [0.5, 0.6) is 11.5 Å². The number of para-hydroxylation sites is 1. The first-order valence-electron chi connectivity index (χ1n) is 7.32. The first-order valence-corrected chi connectivity index (χ1v) is 7.32. The smallest absolute Gasteiger partial charge is 0.204 e. The van der Waals surface area contributed by atoms with E-state index in [1.54, 1.807) is 36.4 Å². The molecule has 118 valence electrons. The summed E-state index contributed by atoms with van der Waals surface area (Å²) in [6, 6.07) is 10.6. The van der Waals surface area contributed by atoms with Gasteiger partial charge in [-0.15, -0.1) is 0 Å². The van der Waals surface area contributed by atoms with Crippen molar-refractivity contribution in [1.82, 2.24) is 0 Å². The molecule has 1 aromatic heterocycles. The molecule has 23 heavy (non-hydrogen) atoms. The summed E-state index contributed by atoms with van der Waals surface area (Å²) in [6.07, 6.45) is 1.69. The molecule has 1 heterocycles. The Morgan fingerprint density at radius 1 is 1.13 bits per heavy atom. The van der Waals surface area contributed by atoms with Gasteiger partial charge in [0.2, 0.25) is 5.43 Å². The van der Waals surface area contributed by atoms with Crippen molar-refractivity contribution >= 4 is 21.9 Å². The second-order valence-corrected chi connectivity index (χ2v) is 5.81. The molecule has 0 unspecified atom stereocenters. The molecule has 0 bridgehead atoms. The molecule has 0 aliphatic rings. The first-order chi connectivity index (χ1) is 11.0. The van der Waals surface area contributed by atoms with Crippen LogP contribution in [0.25, 0.3) is 21.9 Å². The van der Waals surface area contributed by atoms with Gasteiger partial charge in [-0.1, -0.05) is 18.7 Å². The quantitative estimate of drug-likeness (QED) is 0.532. The van der Waals surface area contributed by atoms with Crippen LogP contribution in [0.4, 0.5) is 0 Å². The SMILES string of the molecule is C=CC(C)(C)Oc1ccc(OC)c2oc3ccccc3c(=O)c12. The average molecular weight is 310 g/mol. The lowest BCUT2D eigenvalue weighted by Crippen LogP contribution is -2.25. The highest BCUT2D eigenvalue weighted by atomic mass is 16.5. The van der Waals surface area contributed by atoms with Gasteiger partial charge in [0.15, 0.2) is 11.3 Å². The monoisotopic (exact) mass is 310 g/mol.